The highest BCUT2D eigenvalue weighted by Crippen LogP contribution is 2.22. The van der Waals surface area contributed by atoms with Gasteiger partial charge in [-0.1, -0.05) is 0 Å². The van der Waals surface area contributed by atoms with Crippen LogP contribution in [0.3, 0.4) is 0 Å². The van der Waals surface area contributed by atoms with Crippen LogP contribution in [0, 0.1) is 10.1 Å². The predicted octanol–water partition coefficient (Wildman–Crippen LogP) is 2.74. The summed E-state index contributed by atoms with van der Waals surface area (Å²) in [5.74, 6) is 0. The van der Waals surface area contributed by atoms with E-state index in [4.69, 9.17) is 0 Å². The van der Waals surface area contributed by atoms with Gasteiger partial charge in [0.15, 0.2) is 0 Å². The first-order valence-corrected chi connectivity index (χ1v) is 5.30. The second-order valence-electron chi connectivity index (χ2n) is 4.04. The van der Waals surface area contributed by atoms with Crippen LogP contribution in [0.4, 0.5) is 11.4 Å². The number of hydrazone groups is 1. The number of hydrogen-bond donors (Lipinski definition) is 0. The molecule has 0 saturated heterocycles. The highest BCUT2D eigenvalue weighted by molar-refractivity contribution is 5.81. The Hall–Kier alpha value is -2.17. The molecule has 0 fully saturated rings. The zero-order valence-electron chi connectivity index (χ0n) is 9.75. The second kappa shape index (κ2) is 4.37. The molecule has 0 bridgehead atoms. The van der Waals surface area contributed by atoms with Crippen molar-refractivity contribution in [2.24, 2.45) is 5.10 Å². The molecule has 5 heteroatoms. The highest BCUT2D eigenvalue weighted by atomic mass is 16.6. The zero-order valence-corrected chi connectivity index (χ0v) is 9.75. The molecule has 0 radical (unpaired) electrons. The van der Waals surface area contributed by atoms with Crippen LogP contribution < -0.4 is 5.01 Å². The van der Waals surface area contributed by atoms with E-state index in [1.54, 1.807) is 18.3 Å². The van der Waals surface area contributed by atoms with Crippen LogP contribution in [0.5, 0.6) is 0 Å². The van der Waals surface area contributed by atoms with Crippen LogP contribution in [0.15, 0.2) is 40.5 Å². The number of nitro benzene ring substituents is 1. The Kier molecular flexibility index (Phi) is 2.91. The van der Waals surface area contributed by atoms with Gasteiger partial charge in [-0.3, -0.25) is 15.1 Å². The standard InChI is InChI=1S/C12H13N3O2/c1-9-7-13-14(8-10(9)2)11-3-5-12(6-4-11)15(16)17/h3-7H,8H2,1-2H3. The van der Waals surface area contributed by atoms with E-state index >= 15 is 0 Å². The molecule has 0 atom stereocenters. The molecule has 1 aromatic carbocycles. The fourth-order valence-corrected chi connectivity index (χ4v) is 1.56. The SMILES string of the molecule is CC1=C(C)CN(c2ccc([N+](=O)[O-])cc2)N=C1. The number of nitrogens with zero attached hydrogens (tertiary/aromatic N) is 3. The Morgan fingerprint density at radius 1 is 1.29 bits per heavy atom. The number of benzene rings is 1. The van der Waals surface area contributed by atoms with Crippen LogP contribution >= 0.6 is 0 Å². The molecule has 0 aliphatic carbocycles. The van der Waals surface area contributed by atoms with Crippen molar-refractivity contribution in [3.05, 3.63) is 45.5 Å². The van der Waals surface area contributed by atoms with Gasteiger partial charge in [-0.2, -0.15) is 5.10 Å². The lowest BCUT2D eigenvalue weighted by Gasteiger charge is -2.23. The lowest BCUT2D eigenvalue weighted by atomic mass is 10.1. The van der Waals surface area contributed by atoms with E-state index in [9.17, 15) is 10.1 Å². The van der Waals surface area contributed by atoms with Crippen LogP contribution in [0.2, 0.25) is 0 Å². The molecule has 5 nitrogen and oxygen atoms in total. The van der Waals surface area contributed by atoms with Crippen LogP contribution in [-0.2, 0) is 0 Å². The smallest absolute Gasteiger partial charge is 0.261 e. The first-order chi connectivity index (χ1) is 8.08. The average Bonchev–Trinajstić information content (AvgIpc) is 2.33. The molecule has 2 rings (SSSR count). The summed E-state index contributed by atoms with van der Waals surface area (Å²) < 4.78 is 0. The molecule has 1 aromatic rings. The van der Waals surface area contributed by atoms with Gasteiger partial charge in [-0.15, -0.1) is 0 Å². The van der Waals surface area contributed by atoms with Crippen molar-refractivity contribution in [1.82, 2.24) is 0 Å². The maximum Gasteiger partial charge on any atom is 0.269 e. The minimum absolute atomic E-state index is 0.0955. The van der Waals surface area contributed by atoms with Crippen molar-refractivity contribution < 1.29 is 4.92 Å². The van der Waals surface area contributed by atoms with Gasteiger partial charge in [-0.05, 0) is 37.1 Å². The maximum absolute atomic E-state index is 10.5. The molecule has 1 heterocycles. The molecule has 0 amide bonds. The summed E-state index contributed by atoms with van der Waals surface area (Å²) in [6.07, 6.45) is 1.81. The minimum atomic E-state index is -0.404. The van der Waals surface area contributed by atoms with Gasteiger partial charge in [0.25, 0.3) is 5.69 Å². The van der Waals surface area contributed by atoms with E-state index < -0.39 is 4.92 Å². The molecule has 17 heavy (non-hydrogen) atoms. The van der Waals surface area contributed by atoms with E-state index in [-0.39, 0.29) is 5.69 Å². The Morgan fingerprint density at radius 2 is 1.94 bits per heavy atom. The Morgan fingerprint density at radius 3 is 2.47 bits per heavy atom. The molecule has 1 aliphatic heterocycles. The molecule has 1 aliphatic rings. The largest absolute Gasteiger partial charge is 0.269 e. The van der Waals surface area contributed by atoms with Crippen molar-refractivity contribution in [2.45, 2.75) is 13.8 Å². The summed E-state index contributed by atoms with van der Waals surface area (Å²) in [5.41, 5.74) is 3.37. The van der Waals surface area contributed by atoms with Gasteiger partial charge in [0.2, 0.25) is 0 Å². The van der Waals surface area contributed by atoms with Crippen LogP contribution in [0.1, 0.15) is 13.8 Å². The summed E-state index contributed by atoms with van der Waals surface area (Å²) in [4.78, 5) is 10.1. The third-order valence-corrected chi connectivity index (χ3v) is 2.81. The number of nitro groups is 1. The lowest BCUT2D eigenvalue weighted by Crippen LogP contribution is -2.23. The van der Waals surface area contributed by atoms with Crippen molar-refractivity contribution in [2.75, 3.05) is 11.6 Å². The van der Waals surface area contributed by atoms with Gasteiger partial charge in [0.05, 0.1) is 23.4 Å². The summed E-state index contributed by atoms with van der Waals surface area (Å²) in [6.45, 7) is 4.80. The van der Waals surface area contributed by atoms with E-state index in [0.29, 0.717) is 0 Å². The number of allylic oxidation sites excluding steroid dienone is 1. The highest BCUT2D eigenvalue weighted by Gasteiger charge is 2.12. The first-order valence-electron chi connectivity index (χ1n) is 5.30. The molecule has 0 saturated carbocycles. The van der Waals surface area contributed by atoms with Gasteiger partial charge in [0.1, 0.15) is 0 Å². The third kappa shape index (κ3) is 2.33. The second-order valence-corrected chi connectivity index (χ2v) is 4.04. The average molecular weight is 231 g/mol. The summed E-state index contributed by atoms with van der Waals surface area (Å²) in [5, 5.41) is 16.7. The molecule has 0 N–H and O–H groups in total. The van der Waals surface area contributed by atoms with Crippen LogP contribution in [-0.4, -0.2) is 17.7 Å². The minimum Gasteiger partial charge on any atom is -0.261 e. The van der Waals surface area contributed by atoms with Crippen molar-refractivity contribution in [3.63, 3.8) is 0 Å². The van der Waals surface area contributed by atoms with Gasteiger partial charge in [0, 0.05) is 12.1 Å². The number of hydrogen-bond acceptors (Lipinski definition) is 4. The summed E-state index contributed by atoms with van der Waals surface area (Å²) in [7, 11) is 0. The number of non-ortho nitro benzene ring substituents is 1. The van der Waals surface area contributed by atoms with Crippen LogP contribution in [0.25, 0.3) is 0 Å². The number of anilines is 1. The van der Waals surface area contributed by atoms with E-state index in [2.05, 4.69) is 12.0 Å². The molecular weight excluding hydrogens is 218 g/mol. The topological polar surface area (TPSA) is 58.7 Å². The van der Waals surface area contributed by atoms with Gasteiger partial charge < -0.3 is 0 Å². The predicted molar refractivity (Wildman–Crippen MR) is 67.3 cm³/mol. The Balaban J connectivity index is 2.20. The molecular formula is C12H13N3O2. The Bertz CT molecular complexity index is 503. The fraction of sp³-hybridized carbons (Fsp3) is 0.250. The normalized spacial score (nSPS) is 15.3. The Labute approximate surface area is 99.2 Å². The molecule has 88 valence electrons. The quantitative estimate of drug-likeness (QED) is 0.580. The summed E-state index contributed by atoms with van der Waals surface area (Å²) >= 11 is 0. The zero-order chi connectivity index (χ0) is 12.4. The van der Waals surface area contributed by atoms with E-state index in [1.807, 2.05) is 11.9 Å². The van der Waals surface area contributed by atoms with Crippen molar-refractivity contribution >= 4 is 17.6 Å². The number of rotatable bonds is 2. The van der Waals surface area contributed by atoms with E-state index in [0.717, 1.165) is 12.2 Å². The van der Waals surface area contributed by atoms with Gasteiger partial charge >= 0.3 is 0 Å². The van der Waals surface area contributed by atoms with Gasteiger partial charge in [-0.25, -0.2) is 0 Å². The first kappa shape index (κ1) is 11.3. The maximum atomic E-state index is 10.5. The van der Waals surface area contributed by atoms with E-state index in [1.165, 1.54) is 23.3 Å². The summed E-state index contributed by atoms with van der Waals surface area (Å²) in [6, 6.07) is 6.41. The molecule has 0 spiro atoms. The molecule has 0 aromatic heterocycles. The fourth-order valence-electron chi connectivity index (χ4n) is 1.56. The monoisotopic (exact) mass is 231 g/mol. The lowest BCUT2D eigenvalue weighted by molar-refractivity contribution is -0.384. The third-order valence-electron chi connectivity index (χ3n) is 2.81. The molecule has 0 unspecified atom stereocenters. The van der Waals surface area contributed by atoms with Crippen molar-refractivity contribution in [1.29, 1.82) is 0 Å². The van der Waals surface area contributed by atoms with Crippen molar-refractivity contribution in [3.8, 4) is 0 Å².